The fourth-order valence-corrected chi connectivity index (χ4v) is 1.46. The van der Waals surface area contributed by atoms with Gasteiger partial charge in [-0.25, -0.2) is 0 Å². The molecule has 86 valence electrons. The van der Waals surface area contributed by atoms with Gasteiger partial charge in [0.25, 0.3) is 0 Å². The van der Waals surface area contributed by atoms with Crippen LogP contribution in [0.5, 0.6) is 0 Å². The van der Waals surface area contributed by atoms with Crippen LogP contribution in [0.3, 0.4) is 0 Å². The topological polar surface area (TPSA) is 44.0 Å². The number of H-pyrrole nitrogens is 1. The van der Waals surface area contributed by atoms with E-state index in [1.54, 1.807) is 0 Å². The molecule has 15 heavy (non-hydrogen) atoms. The van der Waals surface area contributed by atoms with E-state index in [0.29, 0.717) is 6.04 Å². The normalized spacial score (nSPS) is 11.6. The molecule has 0 amide bonds. The van der Waals surface area contributed by atoms with E-state index in [9.17, 15) is 0 Å². The van der Waals surface area contributed by atoms with Gasteiger partial charge in [-0.15, -0.1) is 0 Å². The van der Waals surface area contributed by atoms with Crippen LogP contribution in [0.15, 0.2) is 6.07 Å². The second-order valence-electron chi connectivity index (χ2n) is 4.39. The van der Waals surface area contributed by atoms with Crippen molar-refractivity contribution >= 4 is 0 Å². The van der Waals surface area contributed by atoms with E-state index in [1.807, 2.05) is 6.92 Å². The van der Waals surface area contributed by atoms with Crippen molar-refractivity contribution in [3.8, 4) is 0 Å². The smallest absolute Gasteiger partial charge is 0.0764 e. The highest BCUT2D eigenvalue weighted by Crippen LogP contribution is 2.00. The molecule has 4 nitrogen and oxygen atoms in total. The fourth-order valence-electron chi connectivity index (χ4n) is 1.46. The van der Waals surface area contributed by atoms with Crippen LogP contribution in [0, 0.1) is 6.92 Å². The summed E-state index contributed by atoms with van der Waals surface area (Å²) in [6.07, 6.45) is 0. The Kier molecular flexibility index (Phi) is 4.78. The van der Waals surface area contributed by atoms with Gasteiger partial charge < -0.3 is 5.32 Å². The van der Waals surface area contributed by atoms with E-state index < -0.39 is 0 Å². The van der Waals surface area contributed by atoms with Crippen molar-refractivity contribution in [1.29, 1.82) is 0 Å². The summed E-state index contributed by atoms with van der Waals surface area (Å²) in [5.41, 5.74) is 2.23. The lowest BCUT2D eigenvalue weighted by Gasteiger charge is -2.16. The number of aromatic amines is 1. The van der Waals surface area contributed by atoms with E-state index in [-0.39, 0.29) is 0 Å². The highest BCUT2D eigenvalue weighted by atomic mass is 15.2. The lowest BCUT2D eigenvalue weighted by Crippen LogP contribution is -2.32. The van der Waals surface area contributed by atoms with Crippen LogP contribution >= 0.6 is 0 Å². The Morgan fingerprint density at radius 3 is 2.80 bits per heavy atom. The number of aromatic nitrogens is 2. The summed E-state index contributed by atoms with van der Waals surface area (Å²) < 4.78 is 0. The van der Waals surface area contributed by atoms with Gasteiger partial charge in [-0.05, 0) is 20.0 Å². The summed E-state index contributed by atoms with van der Waals surface area (Å²) in [5, 5.41) is 10.6. The van der Waals surface area contributed by atoms with Gasteiger partial charge in [0.1, 0.15) is 0 Å². The Bertz CT molecular complexity index is 280. The average Bonchev–Trinajstić information content (AvgIpc) is 2.50. The largest absolute Gasteiger partial charge is 0.313 e. The molecule has 0 unspecified atom stereocenters. The van der Waals surface area contributed by atoms with Gasteiger partial charge in [0.05, 0.1) is 5.69 Å². The molecule has 0 spiro atoms. The zero-order valence-corrected chi connectivity index (χ0v) is 10.2. The summed E-state index contributed by atoms with van der Waals surface area (Å²) in [7, 11) is 2.12. The molecule has 0 aromatic carbocycles. The Morgan fingerprint density at radius 1 is 1.53 bits per heavy atom. The third-order valence-electron chi connectivity index (χ3n) is 2.24. The zero-order valence-electron chi connectivity index (χ0n) is 10.2. The molecule has 4 heteroatoms. The Balaban J connectivity index is 2.21. The number of rotatable bonds is 6. The molecule has 0 saturated heterocycles. The van der Waals surface area contributed by atoms with Gasteiger partial charge >= 0.3 is 0 Å². The van der Waals surface area contributed by atoms with Crippen molar-refractivity contribution in [1.82, 2.24) is 20.4 Å². The molecule has 0 aliphatic heterocycles. The highest BCUT2D eigenvalue weighted by molar-refractivity contribution is 5.06. The first-order valence-electron chi connectivity index (χ1n) is 5.50. The van der Waals surface area contributed by atoms with Gasteiger partial charge in [0.15, 0.2) is 0 Å². The van der Waals surface area contributed by atoms with Gasteiger partial charge in [0, 0.05) is 31.4 Å². The maximum absolute atomic E-state index is 4.21. The molecule has 0 fully saturated rings. The average molecular weight is 210 g/mol. The van der Waals surface area contributed by atoms with Gasteiger partial charge in [-0.1, -0.05) is 13.8 Å². The Morgan fingerprint density at radius 2 is 2.27 bits per heavy atom. The van der Waals surface area contributed by atoms with Crippen LogP contribution in [0.1, 0.15) is 25.2 Å². The molecule has 1 aromatic rings. The molecule has 1 aromatic heterocycles. The summed E-state index contributed by atoms with van der Waals surface area (Å²) in [6, 6.07) is 2.65. The molecule has 0 aliphatic rings. The first-order chi connectivity index (χ1) is 7.08. The van der Waals surface area contributed by atoms with Crippen LogP contribution in [0.4, 0.5) is 0 Å². The SMILES string of the molecule is Cc1cc(CN(C)CCNC(C)C)n[nH]1. The highest BCUT2D eigenvalue weighted by Gasteiger charge is 2.03. The maximum Gasteiger partial charge on any atom is 0.0764 e. The number of likely N-dealkylation sites (N-methyl/N-ethyl adjacent to an activating group) is 1. The Hall–Kier alpha value is -0.870. The Labute approximate surface area is 92.1 Å². The van der Waals surface area contributed by atoms with Crippen LogP contribution in [-0.4, -0.2) is 41.3 Å². The van der Waals surface area contributed by atoms with Crippen molar-refractivity contribution < 1.29 is 0 Å². The van der Waals surface area contributed by atoms with E-state index in [0.717, 1.165) is 31.0 Å². The molecule has 1 rings (SSSR count). The number of hydrogen-bond donors (Lipinski definition) is 2. The second kappa shape index (κ2) is 5.88. The maximum atomic E-state index is 4.21. The third kappa shape index (κ3) is 4.95. The number of nitrogens with zero attached hydrogens (tertiary/aromatic N) is 2. The molecule has 2 N–H and O–H groups in total. The second-order valence-corrected chi connectivity index (χ2v) is 4.39. The standard InChI is InChI=1S/C11H22N4/c1-9(2)12-5-6-15(4)8-11-7-10(3)13-14-11/h7,9,12H,5-6,8H2,1-4H3,(H,13,14). The van der Waals surface area contributed by atoms with Crippen LogP contribution in [0.2, 0.25) is 0 Å². The van der Waals surface area contributed by atoms with Crippen molar-refractivity contribution in [2.24, 2.45) is 0 Å². The van der Waals surface area contributed by atoms with Crippen molar-refractivity contribution in [2.45, 2.75) is 33.4 Å². The minimum Gasteiger partial charge on any atom is -0.313 e. The van der Waals surface area contributed by atoms with Crippen LogP contribution in [-0.2, 0) is 6.54 Å². The quantitative estimate of drug-likeness (QED) is 0.740. The van der Waals surface area contributed by atoms with E-state index in [1.165, 1.54) is 0 Å². The van der Waals surface area contributed by atoms with Gasteiger partial charge in [0.2, 0.25) is 0 Å². The summed E-state index contributed by atoms with van der Waals surface area (Å²) >= 11 is 0. The minimum atomic E-state index is 0.561. The van der Waals surface area contributed by atoms with E-state index in [4.69, 9.17) is 0 Å². The van der Waals surface area contributed by atoms with Crippen LogP contribution in [0.25, 0.3) is 0 Å². The molecule has 0 atom stereocenters. The molecule has 0 bridgehead atoms. The fraction of sp³-hybridized carbons (Fsp3) is 0.727. The summed E-state index contributed by atoms with van der Waals surface area (Å²) in [4.78, 5) is 2.27. The van der Waals surface area contributed by atoms with Gasteiger partial charge in [-0.2, -0.15) is 5.10 Å². The predicted molar refractivity (Wildman–Crippen MR) is 62.8 cm³/mol. The van der Waals surface area contributed by atoms with Crippen LogP contribution < -0.4 is 5.32 Å². The number of aryl methyl sites for hydroxylation is 1. The lowest BCUT2D eigenvalue weighted by molar-refractivity contribution is 0.316. The number of hydrogen-bond acceptors (Lipinski definition) is 3. The molecule has 0 saturated carbocycles. The molecule has 0 radical (unpaired) electrons. The van der Waals surface area contributed by atoms with Gasteiger partial charge in [-0.3, -0.25) is 10.00 Å². The first-order valence-corrected chi connectivity index (χ1v) is 5.50. The monoisotopic (exact) mass is 210 g/mol. The van der Waals surface area contributed by atoms with Crippen molar-refractivity contribution in [3.05, 3.63) is 17.5 Å². The molecule has 0 aliphatic carbocycles. The zero-order chi connectivity index (χ0) is 11.3. The lowest BCUT2D eigenvalue weighted by atomic mass is 10.3. The molecular formula is C11H22N4. The minimum absolute atomic E-state index is 0.561. The molecular weight excluding hydrogens is 188 g/mol. The third-order valence-corrected chi connectivity index (χ3v) is 2.24. The van der Waals surface area contributed by atoms with E-state index >= 15 is 0 Å². The van der Waals surface area contributed by atoms with Crippen molar-refractivity contribution in [2.75, 3.05) is 20.1 Å². The summed E-state index contributed by atoms with van der Waals surface area (Å²) in [6.45, 7) is 9.33. The molecule has 1 heterocycles. The summed E-state index contributed by atoms with van der Waals surface area (Å²) in [5.74, 6) is 0. The number of nitrogens with one attached hydrogen (secondary N) is 2. The first kappa shape index (κ1) is 12.2. The van der Waals surface area contributed by atoms with Crippen molar-refractivity contribution in [3.63, 3.8) is 0 Å². The van der Waals surface area contributed by atoms with E-state index in [2.05, 4.69) is 47.4 Å². The predicted octanol–water partition coefficient (Wildman–Crippen LogP) is 1.15.